The van der Waals surface area contributed by atoms with Crippen LogP contribution in [0.3, 0.4) is 0 Å². The van der Waals surface area contributed by atoms with Crippen LogP contribution in [0.25, 0.3) is 0 Å². The van der Waals surface area contributed by atoms with Gasteiger partial charge in [0, 0.05) is 24.9 Å². The monoisotopic (exact) mass is 343 g/mol. The van der Waals surface area contributed by atoms with E-state index in [1.165, 1.54) is 4.90 Å². The Bertz CT molecular complexity index is 750. The zero-order chi connectivity index (χ0) is 17.8. The van der Waals surface area contributed by atoms with Gasteiger partial charge in [0.2, 0.25) is 5.89 Å². The van der Waals surface area contributed by atoms with Crippen molar-refractivity contribution in [3.8, 4) is 5.75 Å². The van der Waals surface area contributed by atoms with Gasteiger partial charge in [0.1, 0.15) is 5.75 Å². The number of hydrogen-bond donors (Lipinski definition) is 0. The van der Waals surface area contributed by atoms with E-state index in [1.807, 2.05) is 6.92 Å². The molecule has 0 atom stereocenters. The normalized spacial score (nSPS) is 13.5. The summed E-state index contributed by atoms with van der Waals surface area (Å²) >= 11 is 0. The molecule has 7 heteroatoms. The highest BCUT2D eigenvalue weighted by Crippen LogP contribution is 2.38. The van der Waals surface area contributed by atoms with Crippen LogP contribution in [0.4, 0.5) is 0 Å². The highest BCUT2D eigenvalue weighted by Gasteiger charge is 2.29. The maximum absolute atomic E-state index is 12.2. The third-order valence-corrected chi connectivity index (χ3v) is 4.08. The molecular weight excluding hydrogens is 322 g/mol. The molecule has 1 aliphatic rings. The van der Waals surface area contributed by atoms with Crippen molar-refractivity contribution in [2.75, 3.05) is 13.7 Å². The Morgan fingerprint density at radius 3 is 2.64 bits per heavy atom. The molecule has 0 saturated heterocycles. The molecule has 2 aromatic rings. The average Bonchev–Trinajstić information content (AvgIpc) is 3.39. The molecule has 1 aromatic carbocycles. The number of carbonyl (C=O) groups is 2. The fourth-order valence-electron chi connectivity index (χ4n) is 2.33. The van der Waals surface area contributed by atoms with Gasteiger partial charge in [-0.05, 0) is 37.1 Å². The summed E-state index contributed by atoms with van der Waals surface area (Å²) < 4.78 is 10.6. The SMILES string of the molecule is CCC(=O)c1ccc(OCC(=O)N(C)Cc2nc(C3CC3)no2)cc1. The Kier molecular flexibility index (Phi) is 5.11. The molecule has 0 N–H and O–H groups in total. The van der Waals surface area contributed by atoms with Gasteiger partial charge in [-0.2, -0.15) is 4.98 Å². The zero-order valence-electron chi connectivity index (χ0n) is 14.4. The fraction of sp³-hybridized carbons (Fsp3) is 0.444. The van der Waals surface area contributed by atoms with Gasteiger partial charge in [-0.25, -0.2) is 0 Å². The van der Waals surface area contributed by atoms with Crippen molar-refractivity contribution in [1.82, 2.24) is 15.0 Å². The van der Waals surface area contributed by atoms with E-state index in [-0.39, 0.29) is 24.8 Å². The van der Waals surface area contributed by atoms with Crippen LogP contribution in [0, 0.1) is 0 Å². The smallest absolute Gasteiger partial charge is 0.260 e. The summed E-state index contributed by atoms with van der Waals surface area (Å²) in [5, 5.41) is 3.93. The average molecular weight is 343 g/mol. The molecule has 0 aliphatic heterocycles. The van der Waals surface area contributed by atoms with Gasteiger partial charge in [0.05, 0.1) is 6.54 Å². The molecule has 1 saturated carbocycles. The first-order valence-corrected chi connectivity index (χ1v) is 8.39. The molecular formula is C18H21N3O4. The number of amides is 1. The van der Waals surface area contributed by atoms with Gasteiger partial charge in [-0.15, -0.1) is 0 Å². The lowest BCUT2D eigenvalue weighted by Crippen LogP contribution is -2.31. The first kappa shape index (κ1) is 17.1. The molecule has 0 spiro atoms. The number of likely N-dealkylation sites (N-methyl/N-ethyl adjacent to an activating group) is 1. The first-order chi connectivity index (χ1) is 12.1. The summed E-state index contributed by atoms with van der Waals surface area (Å²) in [6, 6.07) is 6.78. The Morgan fingerprint density at radius 1 is 1.28 bits per heavy atom. The van der Waals surface area contributed by atoms with E-state index in [9.17, 15) is 9.59 Å². The van der Waals surface area contributed by atoms with Crippen molar-refractivity contribution in [3.63, 3.8) is 0 Å². The minimum absolute atomic E-state index is 0.0764. The summed E-state index contributed by atoms with van der Waals surface area (Å²) in [5.41, 5.74) is 0.640. The van der Waals surface area contributed by atoms with E-state index in [2.05, 4.69) is 10.1 Å². The second kappa shape index (κ2) is 7.46. The Balaban J connectivity index is 1.48. The summed E-state index contributed by atoms with van der Waals surface area (Å²) in [5.74, 6) is 2.01. The van der Waals surface area contributed by atoms with Crippen LogP contribution >= 0.6 is 0 Å². The summed E-state index contributed by atoms with van der Waals surface area (Å²) in [6.07, 6.45) is 2.66. The first-order valence-electron chi connectivity index (χ1n) is 8.39. The number of rotatable bonds is 8. The molecule has 1 heterocycles. The number of ether oxygens (including phenoxy) is 1. The van der Waals surface area contributed by atoms with Crippen molar-refractivity contribution in [2.24, 2.45) is 0 Å². The number of benzene rings is 1. The van der Waals surface area contributed by atoms with Crippen LogP contribution in [0.15, 0.2) is 28.8 Å². The van der Waals surface area contributed by atoms with Gasteiger partial charge < -0.3 is 14.2 Å². The van der Waals surface area contributed by atoms with Crippen LogP contribution in [0.2, 0.25) is 0 Å². The molecule has 0 bridgehead atoms. The lowest BCUT2D eigenvalue weighted by molar-refractivity contribution is -0.132. The zero-order valence-corrected chi connectivity index (χ0v) is 14.4. The number of hydrogen-bond acceptors (Lipinski definition) is 6. The predicted molar refractivity (Wildman–Crippen MR) is 89.3 cm³/mol. The molecule has 25 heavy (non-hydrogen) atoms. The third-order valence-electron chi connectivity index (χ3n) is 4.08. The lowest BCUT2D eigenvalue weighted by Gasteiger charge is -2.15. The number of aromatic nitrogens is 2. The van der Waals surface area contributed by atoms with Crippen molar-refractivity contribution in [1.29, 1.82) is 0 Å². The van der Waals surface area contributed by atoms with Crippen molar-refractivity contribution in [2.45, 2.75) is 38.6 Å². The maximum atomic E-state index is 12.2. The highest BCUT2D eigenvalue weighted by atomic mass is 16.5. The van der Waals surface area contributed by atoms with Crippen LogP contribution in [-0.4, -0.2) is 40.4 Å². The van der Waals surface area contributed by atoms with Crippen LogP contribution in [0.1, 0.15) is 54.2 Å². The van der Waals surface area contributed by atoms with Crippen LogP contribution in [-0.2, 0) is 11.3 Å². The second-order valence-electron chi connectivity index (χ2n) is 6.16. The molecule has 1 fully saturated rings. The number of carbonyl (C=O) groups excluding carboxylic acids is 2. The van der Waals surface area contributed by atoms with Crippen molar-refractivity contribution >= 4 is 11.7 Å². The number of ketones is 1. The Labute approximate surface area is 146 Å². The minimum atomic E-state index is -0.195. The largest absolute Gasteiger partial charge is 0.484 e. The lowest BCUT2D eigenvalue weighted by atomic mass is 10.1. The van der Waals surface area contributed by atoms with Gasteiger partial charge in [-0.3, -0.25) is 9.59 Å². The Morgan fingerprint density at radius 2 is 2.00 bits per heavy atom. The van der Waals surface area contributed by atoms with E-state index in [0.29, 0.717) is 29.5 Å². The number of nitrogens with zero attached hydrogens (tertiary/aromatic N) is 3. The summed E-state index contributed by atoms with van der Waals surface area (Å²) in [4.78, 5) is 29.5. The predicted octanol–water partition coefficient (Wildman–Crippen LogP) is 2.58. The van der Waals surface area contributed by atoms with Gasteiger partial charge in [0.25, 0.3) is 5.91 Å². The molecule has 1 aliphatic carbocycles. The Hall–Kier alpha value is -2.70. The molecule has 7 nitrogen and oxygen atoms in total. The van der Waals surface area contributed by atoms with Gasteiger partial charge in [0.15, 0.2) is 18.2 Å². The number of Topliss-reactive ketones (excluding diaryl/α,β-unsaturated/α-hetero) is 1. The van der Waals surface area contributed by atoms with Gasteiger partial charge >= 0.3 is 0 Å². The van der Waals surface area contributed by atoms with Crippen LogP contribution < -0.4 is 4.74 Å². The summed E-state index contributed by atoms with van der Waals surface area (Å²) in [7, 11) is 1.66. The highest BCUT2D eigenvalue weighted by molar-refractivity contribution is 5.95. The molecule has 1 amide bonds. The molecule has 0 radical (unpaired) electrons. The third kappa shape index (κ3) is 4.43. The molecule has 3 rings (SSSR count). The second-order valence-corrected chi connectivity index (χ2v) is 6.16. The van der Waals surface area contributed by atoms with E-state index in [0.717, 1.165) is 18.7 Å². The minimum Gasteiger partial charge on any atom is -0.484 e. The van der Waals surface area contributed by atoms with E-state index >= 15 is 0 Å². The van der Waals surface area contributed by atoms with E-state index in [1.54, 1.807) is 31.3 Å². The molecule has 0 unspecified atom stereocenters. The molecule has 132 valence electrons. The van der Waals surface area contributed by atoms with Crippen molar-refractivity contribution < 1.29 is 18.8 Å². The summed E-state index contributed by atoms with van der Waals surface area (Å²) in [6.45, 7) is 1.98. The maximum Gasteiger partial charge on any atom is 0.260 e. The fourth-order valence-corrected chi connectivity index (χ4v) is 2.33. The quantitative estimate of drug-likeness (QED) is 0.685. The van der Waals surface area contributed by atoms with Crippen LogP contribution in [0.5, 0.6) is 5.75 Å². The van der Waals surface area contributed by atoms with E-state index in [4.69, 9.17) is 9.26 Å². The standard InChI is InChI=1S/C18H21N3O4/c1-3-15(22)12-6-8-14(9-7-12)24-11-17(23)21(2)10-16-19-18(20-25-16)13-4-5-13/h6-9,13H,3-5,10-11H2,1-2H3. The van der Waals surface area contributed by atoms with E-state index < -0.39 is 0 Å². The van der Waals surface area contributed by atoms with Crippen molar-refractivity contribution in [3.05, 3.63) is 41.5 Å². The van der Waals surface area contributed by atoms with Gasteiger partial charge in [-0.1, -0.05) is 12.1 Å². The molecule has 1 aromatic heterocycles. The topological polar surface area (TPSA) is 85.5 Å².